The third-order valence-corrected chi connectivity index (χ3v) is 2.84. The molecule has 1 aromatic carbocycles. The number of nitrogens with two attached hydrogens (primary N) is 1. The summed E-state index contributed by atoms with van der Waals surface area (Å²) in [6, 6.07) is 5.12. The second kappa shape index (κ2) is 5.22. The summed E-state index contributed by atoms with van der Waals surface area (Å²) in [6.07, 6.45) is 3.45. The zero-order valence-electron chi connectivity index (χ0n) is 9.85. The van der Waals surface area contributed by atoms with E-state index in [2.05, 4.69) is 26.3 Å². The van der Waals surface area contributed by atoms with E-state index in [4.69, 9.17) is 5.73 Å². The number of rotatable bonds is 3. The Labute approximate surface area is 113 Å². The molecule has 6 heteroatoms. The van der Waals surface area contributed by atoms with E-state index in [1.54, 1.807) is 35.3 Å². The number of carbonyl (C=O) groups is 1. The molecule has 5 nitrogen and oxygen atoms in total. The van der Waals surface area contributed by atoms with Crippen LogP contribution in [0.25, 0.3) is 5.69 Å². The quantitative estimate of drug-likeness (QED) is 0.851. The lowest BCUT2D eigenvalue weighted by atomic mass is 10.1. The average molecular weight is 309 g/mol. The SMILES string of the molecule is CCNC(=O)c1ccc(N)c(-n2cc(Br)cn2)c1. The van der Waals surface area contributed by atoms with E-state index >= 15 is 0 Å². The molecule has 0 saturated heterocycles. The summed E-state index contributed by atoms with van der Waals surface area (Å²) in [5, 5.41) is 6.90. The van der Waals surface area contributed by atoms with Gasteiger partial charge in [0.2, 0.25) is 0 Å². The molecule has 94 valence electrons. The van der Waals surface area contributed by atoms with Gasteiger partial charge in [-0.2, -0.15) is 5.10 Å². The lowest BCUT2D eigenvalue weighted by Crippen LogP contribution is -2.22. The van der Waals surface area contributed by atoms with E-state index in [1.165, 1.54) is 0 Å². The maximum Gasteiger partial charge on any atom is 0.251 e. The summed E-state index contributed by atoms with van der Waals surface area (Å²) in [4.78, 5) is 11.8. The number of anilines is 1. The van der Waals surface area contributed by atoms with E-state index < -0.39 is 0 Å². The molecular weight excluding hydrogens is 296 g/mol. The summed E-state index contributed by atoms with van der Waals surface area (Å²) in [5.41, 5.74) is 7.71. The van der Waals surface area contributed by atoms with Gasteiger partial charge in [-0.3, -0.25) is 4.79 Å². The predicted molar refractivity (Wildman–Crippen MR) is 73.7 cm³/mol. The number of nitrogen functional groups attached to an aromatic ring is 1. The number of aromatic nitrogens is 2. The van der Waals surface area contributed by atoms with Gasteiger partial charge in [0.15, 0.2) is 0 Å². The first-order valence-corrected chi connectivity index (χ1v) is 6.29. The smallest absolute Gasteiger partial charge is 0.251 e. The molecule has 2 rings (SSSR count). The van der Waals surface area contributed by atoms with E-state index in [1.807, 2.05) is 6.92 Å². The van der Waals surface area contributed by atoms with Crippen molar-refractivity contribution < 1.29 is 4.79 Å². The van der Waals surface area contributed by atoms with Gasteiger partial charge in [0.25, 0.3) is 5.91 Å². The highest BCUT2D eigenvalue weighted by atomic mass is 79.9. The van der Waals surface area contributed by atoms with E-state index in [9.17, 15) is 4.79 Å². The van der Waals surface area contributed by atoms with Crippen LogP contribution in [0, 0.1) is 0 Å². The normalized spacial score (nSPS) is 10.3. The third kappa shape index (κ3) is 2.53. The molecule has 3 N–H and O–H groups in total. The molecular formula is C12H13BrN4O. The van der Waals surface area contributed by atoms with Crippen LogP contribution in [0.1, 0.15) is 17.3 Å². The van der Waals surface area contributed by atoms with Crippen LogP contribution in [0.3, 0.4) is 0 Å². The highest BCUT2D eigenvalue weighted by Gasteiger charge is 2.09. The molecule has 1 heterocycles. The van der Waals surface area contributed by atoms with E-state index in [0.29, 0.717) is 23.5 Å². The van der Waals surface area contributed by atoms with Crippen LogP contribution in [-0.4, -0.2) is 22.2 Å². The third-order valence-electron chi connectivity index (χ3n) is 2.43. The van der Waals surface area contributed by atoms with Crippen molar-refractivity contribution in [2.75, 3.05) is 12.3 Å². The van der Waals surface area contributed by atoms with Crippen molar-refractivity contribution in [1.29, 1.82) is 0 Å². The molecule has 0 spiro atoms. The fourth-order valence-corrected chi connectivity index (χ4v) is 1.86. The Balaban J connectivity index is 2.41. The van der Waals surface area contributed by atoms with Crippen molar-refractivity contribution in [3.8, 4) is 5.69 Å². The Morgan fingerprint density at radius 2 is 2.33 bits per heavy atom. The monoisotopic (exact) mass is 308 g/mol. The van der Waals surface area contributed by atoms with Crippen LogP contribution in [0.15, 0.2) is 35.1 Å². The molecule has 0 fully saturated rings. The number of hydrogen-bond acceptors (Lipinski definition) is 3. The van der Waals surface area contributed by atoms with Gasteiger partial charge in [0.1, 0.15) is 0 Å². The van der Waals surface area contributed by atoms with Gasteiger partial charge in [-0.05, 0) is 41.1 Å². The highest BCUT2D eigenvalue weighted by Crippen LogP contribution is 2.20. The number of halogens is 1. The molecule has 0 aliphatic rings. The van der Waals surface area contributed by atoms with Gasteiger partial charge in [0.05, 0.1) is 22.0 Å². The minimum absolute atomic E-state index is 0.120. The molecule has 2 aromatic rings. The number of nitrogens with one attached hydrogen (secondary N) is 1. The minimum Gasteiger partial charge on any atom is -0.397 e. The summed E-state index contributed by atoms with van der Waals surface area (Å²) in [5.74, 6) is -0.120. The average Bonchev–Trinajstić information content (AvgIpc) is 2.76. The van der Waals surface area contributed by atoms with Crippen molar-refractivity contribution in [2.45, 2.75) is 6.92 Å². The molecule has 0 unspecified atom stereocenters. The Morgan fingerprint density at radius 1 is 1.56 bits per heavy atom. The second-order valence-electron chi connectivity index (χ2n) is 3.74. The molecule has 0 aliphatic carbocycles. The van der Waals surface area contributed by atoms with Crippen molar-refractivity contribution in [3.05, 3.63) is 40.6 Å². The molecule has 0 aliphatic heterocycles. The summed E-state index contributed by atoms with van der Waals surface area (Å²) in [6.45, 7) is 2.46. The van der Waals surface area contributed by atoms with Gasteiger partial charge in [-0.25, -0.2) is 4.68 Å². The number of benzene rings is 1. The maximum absolute atomic E-state index is 11.8. The molecule has 18 heavy (non-hydrogen) atoms. The maximum atomic E-state index is 11.8. The van der Waals surface area contributed by atoms with Crippen LogP contribution in [0.5, 0.6) is 0 Å². The van der Waals surface area contributed by atoms with Crippen molar-refractivity contribution >= 4 is 27.5 Å². The first kappa shape index (κ1) is 12.6. The zero-order chi connectivity index (χ0) is 13.1. The van der Waals surface area contributed by atoms with Gasteiger partial charge in [-0.1, -0.05) is 0 Å². The number of carbonyl (C=O) groups excluding carboxylic acids is 1. The van der Waals surface area contributed by atoms with Crippen LogP contribution in [0.2, 0.25) is 0 Å². The molecule has 1 amide bonds. The fraction of sp³-hybridized carbons (Fsp3) is 0.167. The standard InChI is InChI=1S/C12H13BrN4O/c1-2-15-12(18)8-3-4-10(14)11(5-8)17-7-9(13)6-16-17/h3-7H,2,14H2,1H3,(H,15,18). The summed E-state index contributed by atoms with van der Waals surface area (Å²) >= 11 is 3.32. The van der Waals surface area contributed by atoms with Gasteiger partial charge < -0.3 is 11.1 Å². The molecule has 1 aromatic heterocycles. The lowest BCUT2D eigenvalue weighted by Gasteiger charge is -2.08. The zero-order valence-corrected chi connectivity index (χ0v) is 11.4. The van der Waals surface area contributed by atoms with Gasteiger partial charge in [-0.15, -0.1) is 0 Å². The molecule has 0 bridgehead atoms. The van der Waals surface area contributed by atoms with Crippen molar-refractivity contribution in [1.82, 2.24) is 15.1 Å². The number of amides is 1. The first-order valence-electron chi connectivity index (χ1n) is 5.50. The minimum atomic E-state index is -0.120. The molecule has 0 atom stereocenters. The van der Waals surface area contributed by atoms with Crippen molar-refractivity contribution in [2.24, 2.45) is 0 Å². The second-order valence-corrected chi connectivity index (χ2v) is 4.65. The predicted octanol–water partition coefficient (Wildman–Crippen LogP) is 1.97. The first-order chi connectivity index (χ1) is 8.61. The number of hydrogen-bond donors (Lipinski definition) is 2. The largest absolute Gasteiger partial charge is 0.397 e. The van der Waals surface area contributed by atoms with Crippen LogP contribution in [0.4, 0.5) is 5.69 Å². The summed E-state index contributed by atoms with van der Waals surface area (Å²) < 4.78 is 2.48. The summed E-state index contributed by atoms with van der Waals surface area (Å²) in [7, 11) is 0. The van der Waals surface area contributed by atoms with Crippen LogP contribution < -0.4 is 11.1 Å². The Morgan fingerprint density at radius 3 is 2.94 bits per heavy atom. The Hall–Kier alpha value is -1.82. The van der Waals surface area contributed by atoms with Crippen molar-refractivity contribution in [3.63, 3.8) is 0 Å². The van der Waals surface area contributed by atoms with Gasteiger partial charge >= 0.3 is 0 Å². The van der Waals surface area contributed by atoms with Crippen LogP contribution >= 0.6 is 15.9 Å². The van der Waals surface area contributed by atoms with Gasteiger partial charge in [0, 0.05) is 18.3 Å². The Bertz CT molecular complexity index is 579. The topological polar surface area (TPSA) is 72.9 Å². The highest BCUT2D eigenvalue weighted by molar-refractivity contribution is 9.10. The van der Waals surface area contributed by atoms with E-state index in [0.717, 1.165) is 4.47 Å². The van der Waals surface area contributed by atoms with E-state index in [-0.39, 0.29) is 5.91 Å². The molecule has 0 radical (unpaired) electrons. The molecule has 0 saturated carbocycles. The Kier molecular flexibility index (Phi) is 3.66. The fourth-order valence-electron chi connectivity index (χ4n) is 1.58. The lowest BCUT2D eigenvalue weighted by molar-refractivity contribution is 0.0956. The number of nitrogens with zero attached hydrogens (tertiary/aromatic N) is 2. The van der Waals surface area contributed by atoms with Crippen LogP contribution in [-0.2, 0) is 0 Å².